The largest absolute Gasteiger partial charge is 0.198 e. The molecule has 1 saturated carbocycles. The summed E-state index contributed by atoms with van der Waals surface area (Å²) in [6.07, 6.45) is 4.22. The lowest BCUT2D eigenvalue weighted by molar-refractivity contribution is 0.118. The highest BCUT2D eigenvalue weighted by Crippen LogP contribution is 2.44. The second-order valence-corrected chi connectivity index (χ2v) is 5.71. The molecule has 0 aromatic carbocycles. The van der Waals surface area contributed by atoms with Gasteiger partial charge in [-0.15, -0.1) is 11.6 Å². The van der Waals surface area contributed by atoms with Crippen molar-refractivity contribution in [2.75, 3.05) is 0 Å². The Labute approximate surface area is 92.4 Å². The molecule has 1 nitrogen and oxygen atoms in total. The Hall–Kier alpha value is -0.220. The molecule has 1 rings (SSSR count). The number of alkyl halides is 1. The maximum Gasteiger partial charge on any atom is 0.0659 e. The van der Waals surface area contributed by atoms with Crippen molar-refractivity contribution in [1.82, 2.24) is 0 Å². The zero-order valence-electron chi connectivity index (χ0n) is 9.39. The van der Waals surface area contributed by atoms with E-state index in [9.17, 15) is 0 Å². The SMILES string of the molecule is CCC(C)(C)C1CCC(Cl)CC1C#N. The average molecular weight is 214 g/mol. The summed E-state index contributed by atoms with van der Waals surface area (Å²) in [5, 5.41) is 9.35. The molecule has 0 aliphatic heterocycles. The van der Waals surface area contributed by atoms with Crippen LogP contribution in [-0.2, 0) is 0 Å². The van der Waals surface area contributed by atoms with Crippen LogP contribution in [0.15, 0.2) is 0 Å². The van der Waals surface area contributed by atoms with Gasteiger partial charge in [-0.05, 0) is 30.6 Å². The van der Waals surface area contributed by atoms with E-state index >= 15 is 0 Å². The summed E-state index contributed by atoms with van der Waals surface area (Å²) in [7, 11) is 0. The lowest BCUT2D eigenvalue weighted by Crippen LogP contribution is -2.35. The minimum Gasteiger partial charge on any atom is -0.198 e. The summed E-state index contributed by atoms with van der Waals surface area (Å²) in [6, 6.07) is 2.44. The van der Waals surface area contributed by atoms with E-state index in [4.69, 9.17) is 16.9 Å². The summed E-state index contributed by atoms with van der Waals surface area (Å²) in [5.74, 6) is 0.702. The van der Waals surface area contributed by atoms with Crippen molar-refractivity contribution in [3.8, 4) is 6.07 Å². The molecule has 0 N–H and O–H groups in total. The number of nitriles is 1. The van der Waals surface area contributed by atoms with Crippen molar-refractivity contribution in [1.29, 1.82) is 5.26 Å². The van der Waals surface area contributed by atoms with E-state index in [0.29, 0.717) is 5.92 Å². The lowest BCUT2D eigenvalue weighted by Gasteiger charge is -2.40. The van der Waals surface area contributed by atoms with E-state index < -0.39 is 0 Å². The Kier molecular flexibility index (Phi) is 3.84. The zero-order valence-corrected chi connectivity index (χ0v) is 10.1. The van der Waals surface area contributed by atoms with E-state index in [2.05, 4.69) is 26.8 Å². The molecule has 1 fully saturated rings. The van der Waals surface area contributed by atoms with Crippen molar-refractivity contribution >= 4 is 11.6 Å². The molecule has 2 heteroatoms. The Balaban J connectivity index is 2.73. The van der Waals surface area contributed by atoms with Crippen molar-refractivity contribution in [3.05, 3.63) is 0 Å². The Bertz CT molecular complexity index is 229. The highest BCUT2D eigenvalue weighted by atomic mass is 35.5. The van der Waals surface area contributed by atoms with E-state index in [1.807, 2.05) is 0 Å². The van der Waals surface area contributed by atoms with Crippen LogP contribution in [0.3, 0.4) is 0 Å². The summed E-state index contributed by atoms with van der Waals surface area (Å²) >= 11 is 6.10. The number of rotatable bonds is 2. The van der Waals surface area contributed by atoms with Crippen molar-refractivity contribution in [3.63, 3.8) is 0 Å². The second kappa shape index (κ2) is 4.53. The molecule has 1 aliphatic rings. The molecular formula is C12H20ClN. The minimum absolute atomic E-state index is 0.168. The highest BCUT2D eigenvalue weighted by molar-refractivity contribution is 6.20. The molecule has 3 atom stereocenters. The van der Waals surface area contributed by atoms with E-state index in [-0.39, 0.29) is 16.7 Å². The lowest BCUT2D eigenvalue weighted by atomic mass is 9.65. The van der Waals surface area contributed by atoms with Crippen LogP contribution >= 0.6 is 11.6 Å². The molecule has 0 saturated heterocycles. The smallest absolute Gasteiger partial charge is 0.0659 e. The van der Waals surface area contributed by atoms with Crippen LogP contribution in [0.4, 0.5) is 0 Å². The van der Waals surface area contributed by atoms with Crippen LogP contribution in [0.2, 0.25) is 0 Å². The number of hydrogen-bond donors (Lipinski definition) is 0. The number of nitrogens with zero attached hydrogens (tertiary/aromatic N) is 1. The van der Waals surface area contributed by atoms with Crippen LogP contribution in [0.5, 0.6) is 0 Å². The van der Waals surface area contributed by atoms with Crippen molar-refractivity contribution in [2.45, 2.75) is 51.8 Å². The normalized spacial score (nSPS) is 33.8. The molecule has 3 unspecified atom stereocenters. The molecule has 0 spiro atoms. The summed E-state index contributed by atoms with van der Waals surface area (Å²) in [4.78, 5) is 0. The van der Waals surface area contributed by atoms with Crippen LogP contribution in [-0.4, -0.2) is 5.38 Å². The first-order chi connectivity index (χ1) is 6.51. The fourth-order valence-corrected chi connectivity index (χ4v) is 2.78. The van der Waals surface area contributed by atoms with Gasteiger partial charge in [0.1, 0.15) is 0 Å². The standard InChI is InChI=1S/C12H20ClN/c1-4-12(2,3)11-6-5-10(13)7-9(11)8-14/h9-11H,4-7H2,1-3H3. The van der Waals surface area contributed by atoms with Crippen LogP contribution in [0, 0.1) is 28.6 Å². The monoisotopic (exact) mass is 213 g/mol. The fraction of sp³-hybridized carbons (Fsp3) is 0.917. The van der Waals surface area contributed by atoms with Gasteiger partial charge in [-0.3, -0.25) is 0 Å². The molecular weight excluding hydrogens is 194 g/mol. The van der Waals surface area contributed by atoms with Crippen LogP contribution < -0.4 is 0 Å². The molecule has 80 valence electrons. The van der Waals surface area contributed by atoms with Gasteiger partial charge in [0.15, 0.2) is 0 Å². The molecule has 0 radical (unpaired) electrons. The van der Waals surface area contributed by atoms with Gasteiger partial charge in [-0.1, -0.05) is 27.2 Å². The number of halogens is 1. The number of hydrogen-bond acceptors (Lipinski definition) is 1. The average Bonchev–Trinajstić information content (AvgIpc) is 2.17. The molecule has 0 aromatic heterocycles. The maximum absolute atomic E-state index is 9.13. The summed E-state index contributed by atoms with van der Waals surface area (Å²) in [6.45, 7) is 6.76. The highest BCUT2D eigenvalue weighted by Gasteiger charge is 2.38. The van der Waals surface area contributed by atoms with Crippen LogP contribution in [0.1, 0.15) is 46.5 Å². The summed E-state index contributed by atoms with van der Waals surface area (Å²) < 4.78 is 0. The van der Waals surface area contributed by atoms with E-state index in [0.717, 1.165) is 25.7 Å². The van der Waals surface area contributed by atoms with Gasteiger partial charge < -0.3 is 0 Å². The molecule has 0 aromatic rings. The van der Waals surface area contributed by atoms with Gasteiger partial charge >= 0.3 is 0 Å². The topological polar surface area (TPSA) is 23.8 Å². The van der Waals surface area contributed by atoms with Crippen LogP contribution in [0.25, 0.3) is 0 Å². The van der Waals surface area contributed by atoms with Gasteiger partial charge in [-0.25, -0.2) is 0 Å². The first kappa shape index (κ1) is 11.9. The Morgan fingerprint density at radius 2 is 2.07 bits per heavy atom. The first-order valence-corrected chi connectivity index (χ1v) is 5.98. The summed E-state index contributed by atoms with van der Waals surface area (Å²) in [5.41, 5.74) is 0.289. The van der Waals surface area contributed by atoms with Gasteiger partial charge in [0.05, 0.1) is 12.0 Å². The predicted octanol–water partition coefficient (Wildman–Crippen LogP) is 3.97. The first-order valence-electron chi connectivity index (χ1n) is 5.55. The van der Waals surface area contributed by atoms with Gasteiger partial charge in [0.25, 0.3) is 0 Å². The van der Waals surface area contributed by atoms with E-state index in [1.54, 1.807) is 0 Å². The van der Waals surface area contributed by atoms with Crippen molar-refractivity contribution in [2.24, 2.45) is 17.3 Å². The van der Waals surface area contributed by atoms with Crippen molar-refractivity contribution < 1.29 is 0 Å². The quantitative estimate of drug-likeness (QED) is 0.637. The second-order valence-electron chi connectivity index (χ2n) is 5.09. The Morgan fingerprint density at radius 3 is 2.57 bits per heavy atom. The zero-order chi connectivity index (χ0) is 10.8. The maximum atomic E-state index is 9.13. The Morgan fingerprint density at radius 1 is 1.43 bits per heavy atom. The third-order valence-electron chi connectivity index (χ3n) is 3.87. The van der Waals surface area contributed by atoms with Gasteiger partial charge in [0, 0.05) is 5.38 Å². The predicted molar refractivity (Wildman–Crippen MR) is 60.2 cm³/mol. The molecule has 0 bridgehead atoms. The minimum atomic E-state index is 0.168. The molecule has 1 aliphatic carbocycles. The molecule has 14 heavy (non-hydrogen) atoms. The van der Waals surface area contributed by atoms with E-state index in [1.165, 1.54) is 0 Å². The molecule has 0 heterocycles. The molecule has 0 amide bonds. The third kappa shape index (κ3) is 2.42. The van der Waals surface area contributed by atoms with Gasteiger partial charge in [0.2, 0.25) is 0 Å². The van der Waals surface area contributed by atoms with Gasteiger partial charge in [-0.2, -0.15) is 5.26 Å². The fourth-order valence-electron chi connectivity index (χ4n) is 2.46. The third-order valence-corrected chi connectivity index (χ3v) is 4.26.